The van der Waals surface area contributed by atoms with Crippen LogP contribution in [0.15, 0.2) is 24.3 Å². The van der Waals surface area contributed by atoms with Crippen molar-refractivity contribution in [2.75, 3.05) is 20.3 Å². The van der Waals surface area contributed by atoms with Gasteiger partial charge in [-0.05, 0) is 31.0 Å². The molecule has 1 aliphatic heterocycles. The first-order valence-corrected chi connectivity index (χ1v) is 7.88. The van der Waals surface area contributed by atoms with Gasteiger partial charge in [-0.25, -0.2) is 0 Å². The first-order chi connectivity index (χ1) is 10.2. The summed E-state index contributed by atoms with van der Waals surface area (Å²) in [4.78, 5) is 2.43. The van der Waals surface area contributed by atoms with Crippen molar-refractivity contribution < 1.29 is 14.6 Å². The molecule has 0 aromatic heterocycles. The number of aliphatic hydroxyl groups excluding tert-OH is 1. The summed E-state index contributed by atoms with van der Waals surface area (Å²) in [7, 11) is 2.19. The SMILES string of the molecule is CN(Cc1ccc(CO)cc1)C1CCC2(CC1)OCCO2. The molecular weight excluding hydrogens is 266 g/mol. The standard InChI is InChI=1S/C17H25NO3/c1-18(12-14-2-4-15(13-19)5-3-14)16-6-8-17(9-7-16)20-10-11-21-17/h2-5,16,19H,6-13H2,1H3. The minimum atomic E-state index is -0.264. The van der Waals surface area contributed by atoms with E-state index in [1.54, 1.807) is 0 Å². The summed E-state index contributed by atoms with van der Waals surface area (Å²) >= 11 is 0. The van der Waals surface area contributed by atoms with Crippen LogP contribution in [-0.2, 0) is 22.6 Å². The molecule has 0 bridgehead atoms. The summed E-state index contributed by atoms with van der Waals surface area (Å²) in [5.74, 6) is -0.264. The molecule has 1 aromatic rings. The van der Waals surface area contributed by atoms with Crippen LogP contribution in [0.25, 0.3) is 0 Å². The van der Waals surface area contributed by atoms with Crippen molar-refractivity contribution in [1.82, 2.24) is 4.90 Å². The van der Waals surface area contributed by atoms with Crippen molar-refractivity contribution in [3.8, 4) is 0 Å². The fourth-order valence-corrected chi connectivity index (χ4v) is 3.44. The monoisotopic (exact) mass is 291 g/mol. The minimum Gasteiger partial charge on any atom is -0.392 e. The van der Waals surface area contributed by atoms with Crippen LogP contribution in [0.4, 0.5) is 0 Å². The quantitative estimate of drug-likeness (QED) is 0.924. The number of benzene rings is 1. The van der Waals surface area contributed by atoms with Crippen LogP contribution in [0.1, 0.15) is 36.8 Å². The van der Waals surface area contributed by atoms with Crippen molar-refractivity contribution in [2.45, 2.75) is 50.7 Å². The lowest BCUT2D eigenvalue weighted by Gasteiger charge is -2.39. The second-order valence-corrected chi connectivity index (χ2v) is 6.23. The van der Waals surface area contributed by atoms with Crippen molar-refractivity contribution in [2.24, 2.45) is 0 Å². The topological polar surface area (TPSA) is 41.9 Å². The largest absolute Gasteiger partial charge is 0.392 e. The normalized spacial score (nSPS) is 22.2. The maximum atomic E-state index is 9.08. The zero-order valence-corrected chi connectivity index (χ0v) is 12.8. The van der Waals surface area contributed by atoms with Gasteiger partial charge in [-0.15, -0.1) is 0 Å². The molecule has 1 saturated heterocycles. The summed E-state index contributed by atoms with van der Waals surface area (Å²) in [5, 5.41) is 9.08. The number of hydrogen-bond acceptors (Lipinski definition) is 4. The van der Waals surface area contributed by atoms with Crippen molar-refractivity contribution >= 4 is 0 Å². The van der Waals surface area contributed by atoms with Crippen molar-refractivity contribution in [3.63, 3.8) is 0 Å². The Morgan fingerprint density at radius 3 is 2.24 bits per heavy atom. The molecule has 0 amide bonds. The van der Waals surface area contributed by atoms with E-state index in [4.69, 9.17) is 14.6 Å². The first kappa shape index (κ1) is 15.0. The Balaban J connectivity index is 1.52. The maximum Gasteiger partial charge on any atom is 0.168 e. The Morgan fingerprint density at radius 2 is 1.67 bits per heavy atom. The molecular formula is C17H25NO3. The lowest BCUT2D eigenvalue weighted by molar-refractivity contribution is -0.183. The molecule has 4 nitrogen and oxygen atoms in total. The van der Waals surface area contributed by atoms with Crippen LogP contribution in [0.3, 0.4) is 0 Å². The molecule has 0 unspecified atom stereocenters. The Kier molecular flexibility index (Phi) is 4.60. The van der Waals surface area contributed by atoms with Gasteiger partial charge in [0.2, 0.25) is 0 Å². The minimum absolute atomic E-state index is 0.112. The Morgan fingerprint density at radius 1 is 1.10 bits per heavy atom. The first-order valence-electron chi connectivity index (χ1n) is 7.88. The Bertz CT molecular complexity index is 444. The molecule has 3 rings (SSSR count). The highest BCUT2D eigenvalue weighted by molar-refractivity contribution is 5.21. The molecule has 1 spiro atoms. The van der Waals surface area contributed by atoms with Gasteiger partial charge in [0.1, 0.15) is 0 Å². The predicted octanol–water partition coefficient (Wildman–Crippen LogP) is 2.30. The van der Waals surface area contributed by atoms with Crippen LogP contribution < -0.4 is 0 Å². The van der Waals surface area contributed by atoms with Crippen LogP contribution in [0.2, 0.25) is 0 Å². The zero-order chi connectivity index (χ0) is 14.7. The van der Waals surface area contributed by atoms with Gasteiger partial charge < -0.3 is 14.6 Å². The van der Waals surface area contributed by atoms with Gasteiger partial charge in [0.05, 0.1) is 19.8 Å². The average Bonchev–Trinajstić information content (AvgIpc) is 2.97. The molecule has 0 radical (unpaired) electrons. The van der Waals surface area contributed by atoms with Crippen LogP contribution in [0, 0.1) is 0 Å². The molecule has 0 atom stereocenters. The van der Waals surface area contributed by atoms with Crippen molar-refractivity contribution in [1.29, 1.82) is 0 Å². The van der Waals surface area contributed by atoms with Crippen LogP contribution in [-0.4, -0.2) is 42.1 Å². The molecule has 2 aliphatic rings. The highest BCUT2D eigenvalue weighted by Crippen LogP contribution is 2.37. The fourth-order valence-electron chi connectivity index (χ4n) is 3.44. The van der Waals surface area contributed by atoms with Crippen LogP contribution in [0.5, 0.6) is 0 Å². The third kappa shape index (κ3) is 3.46. The van der Waals surface area contributed by atoms with E-state index in [9.17, 15) is 0 Å². The van der Waals surface area contributed by atoms with E-state index < -0.39 is 0 Å². The molecule has 4 heteroatoms. The number of aliphatic hydroxyl groups is 1. The van der Waals surface area contributed by atoms with E-state index in [1.807, 2.05) is 12.1 Å². The molecule has 1 N–H and O–H groups in total. The fraction of sp³-hybridized carbons (Fsp3) is 0.647. The maximum absolute atomic E-state index is 9.08. The second-order valence-electron chi connectivity index (χ2n) is 6.23. The molecule has 1 aliphatic carbocycles. The van der Waals surface area contributed by atoms with Gasteiger partial charge in [0.25, 0.3) is 0 Å². The van der Waals surface area contributed by atoms with E-state index in [0.29, 0.717) is 6.04 Å². The molecule has 1 saturated carbocycles. The van der Waals surface area contributed by atoms with Crippen molar-refractivity contribution in [3.05, 3.63) is 35.4 Å². The lowest BCUT2D eigenvalue weighted by atomic mass is 9.89. The van der Waals surface area contributed by atoms with Gasteiger partial charge in [-0.1, -0.05) is 24.3 Å². The van der Waals surface area contributed by atoms with E-state index in [2.05, 4.69) is 24.1 Å². The van der Waals surface area contributed by atoms with E-state index >= 15 is 0 Å². The lowest BCUT2D eigenvalue weighted by Crippen LogP contribution is -2.42. The third-order valence-corrected chi connectivity index (χ3v) is 4.79. The summed E-state index contributed by atoms with van der Waals surface area (Å²) in [6.07, 6.45) is 4.27. The van der Waals surface area contributed by atoms with Gasteiger partial charge in [-0.3, -0.25) is 4.90 Å². The second kappa shape index (κ2) is 6.44. The van der Waals surface area contributed by atoms with E-state index in [-0.39, 0.29) is 12.4 Å². The number of ether oxygens (including phenoxy) is 2. The number of nitrogens with zero attached hydrogens (tertiary/aromatic N) is 1. The number of rotatable bonds is 4. The van der Waals surface area contributed by atoms with Gasteiger partial charge in [0, 0.05) is 25.4 Å². The van der Waals surface area contributed by atoms with Gasteiger partial charge >= 0.3 is 0 Å². The van der Waals surface area contributed by atoms with Gasteiger partial charge in [0.15, 0.2) is 5.79 Å². The molecule has 1 heterocycles. The summed E-state index contributed by atoms with van der Waals surface area (Å²) in [6.45, 7) is 2.56. The summed E-state index contributed by atoms with van der Waals surface area (Å²) in [5.41, 5.74) is 2.26. The van der Waals surface area contributed by atoms with E-state index in [1.165, 1.54) is 5.56 Å². The Hall–Kier alpha value is -0.940. The average molecular weight is 291 g/mol. The highest BCUT2D eigenvalue weighted by Gasteiger charge is 2.40. The highest BCUT2D eigenvalue weighted by atomic mass is 16.7. The summed E-state index contributed by atoms with van der Waals surface area (Å²) < 4.78 is 11.6. The summed E-state index contributed by atoms with van der Waals surface area (Å²) in [6, 6.07) is 8.81. The van der Waals surface area contributed by atoms with Crippen LogP contribution >= 0.6 is 0 Å². The third-order valence-electron chi connectivity index (χ3n) is 4.79. The molecule has 21 heavy (non-hydrogen) atoms. The smallest absolute Gasteiger partial charge is 0.168 e. The Labute approximate surface area is 126 Å². The predicted molar refractivity (Wildman–Crippen MR) is 80.7 cm³/mol. The molecule has 1 aromatic carbocycles. The zero-order valence-electron chi connectivity index (χ0n) is 12.8. The number of hydrogen-bond donors (Lipinski definition) is 1. The molecule has 2 fully saturated rings. The van der Waals surface area contributed by atoms with E-state index in [0.717, 1.165) is 51.0 Å². The van der Waals surface area contributed by atoms with Gasteiger partial charge in [-0.2, -0.15) is 0 Å². The molecule has 116 valence electrons.